The molecule has 1 aromatic rings. The van der Waals surface area contributed by atoms with Gasteiger partial charge in [0.1, 0.15) is 0 Å². The molecule has 0 aromatic heterocycles. The van der Waals surface area contributed by atoms with E-state index in [4.69, 9.17) is 33.1 Å². The SMILES string of the molecule is NC(=O)CCCCC(N)=O.NC(=O)CCCCC(N)=O.O=C(O)c1ccccc1C(=O)O. The highest BCUT2D eigenvalue weighted by Crippen LogP contribution is 2.07. The molecule has 12 heteroatoms. The van der Waals surface area contributed by atoms with Crippen LogP contribution >= 0.6 is 0 Å². The number of hydrogen-bond acceptors (Lipinski definition) is 6. The molecule has 0 aliphatic rings. The zero-order chi connectivity index (χ0) is 25.1. The van der Waals surface area contributed by atoms with Crippen LogP contribution in [0.3, 0.4) is 0 Å². The van der Waals surface area contributed by atoms with E-state index in [2.05, 4.69) is 0 Å². The summed E-state index contributed by atoms with van der Waals surface area (Å²) in [5.74, 6) is -3.77. The Bertz CT molecular complexity index is 699. The van der Waals surface area contributed by atoms with Crippen LogP contribution in [0, 0.1) is 0 Å². The van der Waals surface area contributed by atoms with Crippen LogP contribution in [0.1, 0.15) is 72.1 Å². The first kappa shape index (κ1) is 30.2. The van der Waals surface area contributed by atoms with Crippen molar-refractivity contribution in [3.8, 4) is 0 Å². The molecule has 0 unspecified atom stereocenters. The van der Waals surface area contributed by atoms with Crippen LogP contribution in [0.25, 0.3) is 0 Å². The molecule has 0 atom stereocenters. The number of primary amides is 4. The van der Waals surface area contributed by atoms with Gasteiger partial charge in [0.25, 0.3) is 0 Å². The highest BCUT2D eigenvalue weighted by Gasteiger charge is 2.13. The molecule has 0 radical (unpaired) electrons. The van der Waals surface area contributed by atoms with Gasteiger partial charge >= 0.3 is 11.9 Å². The summed E-state index contributed by atoms with van der Waals surface area (Å²) in [7, 11) is 0. The maximum Gasteiger partial charge on any atom is 0.336 e. The number of carbonyl (C=O) groups excluding carboxylic acids is 4. The zero-order valence-electron chi connectivity index (χ0n) is 17.6. The van der Waals surface area contributed by atoms with Gasteiger partial charge in [-0.3, -0.25) is 19.2 Å². The Kier molecular flexibility index (Phi) is 16.9. The summed E-state index contributed by atoms with van der Waals surface area (Å²) in [5.41, 5.74) is 19.0. The lowest BCUT2D eigenvalue weighted by Crippen LogP contribution is -2.12. The van der Waals surface area contributed by atoms with E-state index in [1.807, 2.05) is 0 Å². The molecular weight excluding hydrogens is 424 g/mol. The van der Waals surface area contributed by atoms with E-state index < -0.39 is 11.9 Å². The van der Waals surface area contributed by atoms with Gasteiger partial charge in [0, 0.05) is 25.7 Å². The number of amides is 4. The Morgan fingerprint density at radius 1 is 0.531 bits per heavy atom. The predicted octanol–water partition coefficient (Wildman–Crippen LogP) is 0.118. The molecule has 0 heterocycles. The van der Waals surface area contributed by atoms with Crippen LogP contribution in [0.2, 0.25) is 0 Å². The van der Waals surface area contributed by atoms with Crippen molar-refractivity contribution >= 4 is 35.6 Å². The molecule has 10 N–H and O–H groups in total. The highest BCUT2D eigenvalue weighted by molar-refractivity contribution is 6.01. The van der Waals surface area contributed by atoms with Gasteiger partial charge in [-0.15, -0.1) is 0 Å². The minimum Gasteiger partial charge on any atom is -0.478 e. The van der Waals surface area contributed by atoms with E-state index in [0.29, 0.717) is 51.4 Å². The molecule has 0 saturated heterocycles. The lowest BCUT2D eigenvalue weighted by Gasteiger charge is -1.98. The Labute approximate surface area is 184 Å². The second-order valence-corrected chi connectivity index (χ2v) is 6.44. The van der Waals surface area contributed by atoms with Gasteiger partial charge in [-0.2, -0.15) is 0 Å². The van der Waals surface area contributed by atoms with Crippen molar-refractivity contribution in [3.05, 3.63) is 35.4 Å². The predicted molar refractivity (Wildman–Crippen MR) is 114 cm³/mol. The minimum atomic E-state index is -1.23. The molecule has 0 bridgehead atoms. The van der Waals surface area contributed by atoms with Crippen molar-refractivity contribution in [2.45, 2.75) is 51.4 Å². The van der Waals surface area contributed by atoms with Crippen LogP contribution in [-0.2, 0) is 19.2 Å². The zero-order valence-corrected chi connectivity index (χ0v) is 17.6. The first-order valence-corrected chi connectivity index (χ1v) is 9.57. The largest absolute Gasteiger partial charge is 0.478 e. The van der Waals surface area contributed by atoms with E-state index in [1.54, 1.807) is 0 Å². The maximum absolute atomic E-state index is 10.5. The Morgan fingerprint density at radius 2 is 0.750 bits per heavy atom. The average Bonchev–Trinajstić information content (AvgIpc) is 2.69. The van der Waals surface area contributed by atoms with Gasteiger partial charge in [0.05, 0.1) is 11.1 Å². The van der Waals surface area contributed by atoms with Gasteiger partial charge in [-0.05, 0) is 37.8 Å². The number of carbonyl (C=O) groups is 6. The quantitative estimate of drug-likeness (QED) is 0.236. The third-order valence-corrected chi connectivity index (χ3v) is 3.58. The maximum atomic E-state index is 10.5. The molecule has 0 saturated carbocycles. The second-order valence-electron chi connectivity index (χ2n) is 6.44. The molecule has 0 spiro atoms. The van der Waals surface area contributed by atoms with Crippen LogP contribution < -0.4 is 22.9 Å². The fourth-order valence-electron chi connectivity index (χ4n) is 2.05. The normalized spacial score (nSPS) is 9.25. The summed E-state index contributed by atoms with van der Waals surface area (Å²) >= 11 is 0. The molecule has 0 fully saturated rings. The Hall–Kier alpha value is -3.96. The number of carboxylic acids is 2. The smallest absolute Gasteiger partial charge is 0.336 e. The number of benzene rings is 1. The number of unbranched alkanes of at least 4 members (excludes halogenated alkanes) is 2. The summed E-state index contributed by atoms with van der Waals surface area (Å²) in [6.45, 7) is 0. The minimum absolute atomic E-state index is 0.190. The monoisotopic (exact) mass is 454 g/mol. The van der Waals surface area contributed by atoms with E-state index in [0.717, 1.165) is 0 Å². The van der Waals surface area contributed by atoms with Crippen LogP contribution in [-0.4, -0.2) is 45.8 Å². The molecule has 178 valence electrons. The summed E-state index contributed by atoms with van der Waals surface area (Å²) in [5, 5.41) is 17.1. The van der Waals surface area contributed by atoms with Crippen molar-refractivity contribution in [2.75, 3.05) is 0 Å². The van der Waals surface area contributed by atoms with E-state index in [9.17, 15) is 28.8 Å². The fourth-order valence-corrected chi connectivity index (χ4v) is 2.05. The van der Waals surface area contributed by atoms with E-state index in [1.165, 1.54) is 24.3 Å². The standard InChI is InChI=1S/C8H6O4.2C6H12N2O2/c9-7(10)5-3-1-2-4-6(5)8(11)12;2*7-5(9)3-1-2-4-6(8)10/h1-4H,(H,9,10)(H,11,12);2*1-4H2,(H2,7,9)(H2,8,10). The van der Waals surface area contributed by atoms with Crippen LogP contribution in [0.15, 0.2) is 24.3 Å². The number of rotatable bonds is 12. The molecule has 0 aliphatic carbocycles. The second kappa shape index (κ2) is 17.9. The third kappa shape index (κ3) is 19.4. The summed E-state index contributed by atoms with van der Waals surface area (Å²) in [6, 6.07) is 5.48. The van der Waals surface area contributed by atoms with Crippen molar-refractivity contribution < 1.29 is 39.0 Å². The highest BCUT2D eigenvalue weighted by atomic mass is 16.4. The number of nitrogens with two attached hydrogens (primary N) is 4. The summed E-state index contributed by atoms with van der Waals surface area (Å²) < 4.78 is 0. The topological polar surface area (TPSA) is 247 Å². The fraction of sp³-hybridized carbons (Fsp3) is 0.400. The van der Waals surface area contributed by atoms with Gasteiger partial charge < -0.3 is 33.1 Å². The van der Waals surface area contributed by atoms with Gasteiger partial charge in [0.2, 0.25) is 23.6 Å². The molecule has 32 heavy (non-hydrogen) atoms. The van der Waals surface area contributed by atoms with E-state index >= 15 is 0 Å². The van der Waals surface area contributed by atoms with Crippen molar-refractivity contribution in [3.63, 3.8) is 0 Å². The summed E-state index contributed by atoms with van der Waals surface area (Å²) in [4.78, 5) is 61.5. The van der Waals surface area contributed by atoms with Crippen molar-refractivity contribution in [1.82, 2.24) is 0 Å². The number of carboxylic acid groups (broad SMARTS) is 2. The van der Waals surface area contributed by atoms with Gasteiger partial charge in [0.15, 0.2) is 0 Å². The summed E-state index contributed by atoms with van der Waals surface area (Å²) in [6.07, 6.45) is 3.97. The first-order valence-electron chi connectivity index (χ1n) is 9.57. The molecule has 12 nitrogen and oxygen atoms in total. The van der Waals surface area contributed by atoms with Gasteiger partial charge in [-0.1, -0.05) is 12.1 Å². The molecule has 0 aliphatic heterocycles. The van der Waals surface area contributed by atoms with Crippen molar-refractivity contribution in [1.29, 1.82) is 0 Å². The number of hydrogen-bond donors (Lipinski definition) is 6. The van der Waals surface area contributed by atoms with Crippen LogP contribution in [0.4, 0.5) is 0 Å². The molecule has 1 rings (SSSR count). The lowest BCUT2D eigenvalue weighted by molar-refractivity contribution is -0.119. The Balaban J connectivity index is 0. The molecular formula is C20H30N4O8. The van der Waals surface area contributed by atoms with E-state index in [-0.39, 0.29) is 34.8 Å². The molecule has 4 amide bonds. The Morgan fingerprint density at radius 3 is 0.906 bits per heavy atom. The first-order chi connectivity index (χ1) is 14.9. The van der Waals surface area contributed by atoms with Crippen LogP contribution in [0.5, 0.6) is 0 Å². The van der Waals surface area contributed by atoms with Crippen molar-refractivity contribution in [2.24, 2.45) is 22.9 Å². The third-order valence-electron chi connectivity index (χ3n) is 3.58. The molecule has 1 aromatic carbocycles. The number of aromatic carboxylic acids is 2. The van der Waals surface area contributed by atoms with Gasteiger partial charge in [-0.25, -0.2) is 9.59 Å². The lowest BCUT2D eigenvalue weighted by atomic mass is 10.1. The average molecular weight is 454 g/mol.